The Morgan fingerprint density at radius 2 is 2.25 bits per heavy atom. The highest BCUT2D eigenvalue weighted by Gasteiger charge is 2.55. The highest BCUT2D eigenvalue weighted by Crippen LogP contribution is 2.43. The van der Waals surface area contributed by atoms with E-state index in [9.17, 15) is 14.7 Å². The quantitative estimate of drug-likeness (QED) is 0.623. The molecule has 0 radical (unpaired) electrons. The highest BCUT2D eigenvalue weighted by molar-refractivity contribution is 5.82. The number of hydrogen-bond acceptors (Lipinski definition) is 3. The highest BCUT2D eigenvalue weighted by atomic mass is 16.5. The largest absolute Gasteiger partial charge is 0.479 e. The lowest BCUT2D eigenvalue weighted by Crippen LogP contribution is -2.59. The van der Waals surface area contributed by atoms with Gasteiger partial charge in [-0.05, 0) is 25.2 Å². The first-order valence-electron chi connectivity index (χ1n) is 5.57. The molecule has 1 unspecified atom stereocenters. The molecule has 0 aromatic heterocycles. The van der Waals surface area contributed by atoms with E-state index < -0.39 is 11.5 Å². The van der Waals surface area contributed by atoms with Crippen molar-refractivity contribution in [3.63, 3.8) is 0 Å². The molecule has 0 spiro atoms. The van der Waals surface area contributed by atoms with Crippen LogP contribution in [0.3, 0.4) is 0 Å². The zero-order chi connectivity index (χ0) is 12.2. The maximum atomic E-state index is 11.5. The van der Waals surface area contributed by atoms with Crippen molar-refractivity contribution in [2.24, 2.45) is 5.92 Å². The Hall–Kier alpha value is -1.10. The van der Waals surface area contributed by atoms with Crippen LogP contribution < -0.4 is 0 Å². The summed E-state index contributed by atoms with van der Waals surface area (Å²) in [7, 11) is 1.47. The minimum atomic E-state index is -1.16. The maximum absolute atomic E-state index is 11.5. The molecular weight excluding hydrogens is 210 g/mol. The number of carbonyl (C=O) groups is 2. The van der Waals surface area contributed by atoms with Gasteiger partial charge in [-0.25, -0.2) is 4.79 Å². The summed E-state index contributed by atoms with van der Waals surface area (Å²) < 4.78 is 5.02. The summed E-state index contributed by atoms with van der Waals surface area (Å²) in [6.45, 7) is 2.43. The fourth-order valence-corrected chi connectivity index (χ4v) is 2.16. The molecular formula is C11H19NO4. The Morgan fingerprint density at radius 1 is 1.62 bits per heavy atom. The zero-order valence-electron chi connectivity index (χ0n) is 9.81. The summed E-state index contributed by atoms with van der Waals surface area (Å²) in [5.74, 6) is -0.931. The van der Waals surface area contributed by atoms with E-state index in [1.807, 2.05) is 6.92 Å². The van der Waals surface area contributed by atoms with Crippen LogP contribution in [0, 0.1) is 5.92 Å². The van der Waals surface area contributed by atoms with E-state index in [4.69, 9.17) is 4.74 Å². The molecule has 0 aliphatic heterocycles. The predicted octanol–water partition coefficient (Wildman–Crippen LogP) is 0.735. The summed E-state index contributed by atoms with van der Waals surface area (Å²) in [5.41, 5.74) is -1.16. The monoisotopic (exact) mass is 229 g/mol. The van der Waals surface area contributed by atoms with Crippen LogP contribution in [0.15, 0.2) is 0 Å². The van der Waals surface area contributed by atoms with Gasteiger partial charge in [-0.15, -0.1) is 0 Å². The number of rotatable bonds is 8. The van der Waals surface area contributed by atoms with Gasteiger partial charge in [-0.1, -0.05) is 6.92 Å². The molecule has 0 saturated heterocycles. The van der Waals surface area contributed by atoms with Crippen molar-refractivity contribution in [3.05, 3.63) is 0 Å². The van der Waals surface area contributed by atoms with Crippen molar-refractivity contribution < 1.29 is 19.4 Å². The van der Waals surface area contributed by atoms with Crippen LogP contribution >= 0.6 is 0 Å². The maximum Gasteiger partial charge on any atom is 0.332 e. The number of carboxylic acids is 1. The Labute approximate surface area is 95.4 Å². The first-order valence-corrected chi connectivity index (χ1v) is 5.57. The van der Waals surface area contributed by atoms with Crippen LogP contribution in [0.5, 0.6) is 0 Å². The molecule has 0 aromatic carbocycles. The minimum absolute atomic E-state index is 0.0294. The standard InChI is InChI=1S/C11H19NO4/c1-3-6-12(8-13)11(7-16-2,10(14)15)9-4-5-9/h8-9H,3-7H2,1-2H3,(H,14,15). The van der Waals surface area contributed by atoms with Gasteiger partial charge in [-0.3, -0.25) is 4.79 Å². The van der Waals surface area contributed by atoms with Crippen molar-refractivity contribution in [3.8, 4) is 0 Å². The van der Waals surface area contributed by atoms with Gasteiger partial charge in [0.15, 0.2) is 5.54 Å². The van der Waals surface area contributed by atoms with Gasteiger partial charge in [0.05, 0.1) is 6.61 Å². The van der Waals surface area contributed by atoms with Gasteiger partial charge in [0, 0.05) is 13.7 Å². The van der Waals surface area contributed by atoms with Crippen LogP contribution in [0.2, 0.25) is 0 Å². The summed E-state index contributed by atoms with van der Waals surface area (Å²) >= 11 is 0. The topological polar surface area (TPSA) is 66.8 Å². The van der Waals surface area contributed by atoms with Crippen molar-refractivity contribution in [2.45, 2.75) is 31.7 Å². The van der Waals surface area contributed by atoms with E-state index in [-0.39, 0.29) is 12.5 Å². The van der Waals surface area contributed by atoms with Crippen LogP contribution in [-0.4, -0.2) is 48.2 Å². The molecule has 0 bridgehead atoms. The number of aliphatic carboxylic acids is 1. The van der Waals surface area contributed by atoms with Gasteiger partial charge in [0.25, 0.3) is 0 Å². The van der Waals surface area contributed by atoms with E-state index in [0.29, 0.717) is 13.0 Å². The van der Waals surface area contributed by atoms with Crippen LogP contribution in [0.1, 0.15) is 26.2 Å². The number of ether oxygens (including phenoxy) is 1. The number of hydrogen-bond donors (Lipinski definition) is 1. The lowest BCUT2D eigenvalue weighted by molar-refractivity contribution is -0.161. The Balaban J connectivity index is 2.97. The first kappa shape index (κ1) is 13.0. The number of methoxy groups -OCH3 is 1. The lowest BCUT2D eigenvalue weighted by Gasteiger charge is -2.38. The number of carboxylic acid groups (broad SMARTS) is 1. The Kier molecular flexibility index (Phi) is 4.29. The smallest absolute Gasteiger partial charge is 0.332 e. The first-order chi connectivity index (χ1) is 7.63. The Bertz CT molecular complexity index is 265. The van der Waals surface area contributed by atoms with Crippen molar-refractivity contribution >= 4 is 12.4 Å². The summed E-state index contributed by atoms with van der Waals surface area (Å²) in [5, 5.41) is 9.41. The fourth-order valence-electron chi connectivity index (χ4n) is 2.16. The van der Waals surface area contributed by atoms with Gasteiger partial charge in [0.1, 0.15) is 0 Å². The van der Waals surface area contributed by atoms with E-state index in [0.717, 1.165) is 19.3 Å². The second-order valence-corrected chi connectivity index (χ2v) is 4.24. The second-order valence-electron chi connectivity index (χ2n) is 4.24. The normalized spacial score (nSPS) is 18.9. The van der Waals surface area contributed by atoms with Gasteiger partial charge in [-0.2, -0.15) is 0 Å². The molecule has 92 valence electrons. The molecule has 1 N–H and O–H groups in total. The van der Waals surface area contributed by atoms with Crippen LogP contribution in [0.25, 0.3) is 0 Å². The molecule has 0 aromatic rings. The van der Waals surface area contributed by atoms with E-state index in [1.165, 1.54) is 12.0 Å². The third-order valence-corrected chi connectivity index (χ3v) is 3.09. The van der Waals surface area contributed by atoms with E-state index in [2.05, 4.69) is 0 Å². The zero-order valence-corrected chi connectivity index (χ0v) is 9.81. The third kappa shape index (κ3) is 2.19. The van der Waals surface area contributed by atoms with Gasteiger partial charge >= 0.3 is 5.97 Å². The Morgan fingerprint density at radius 3 is 2.56 bits per heavy atom. The number of nitrogens with zero attached hydrogens (tertiary/aromatic N) is 1. The molecule has 16 heavy (non-hydrogen) atoms. The second kappa shape index (κ2) is 5.30. The minimum Gasteiger partial charge on any atom is -0.479 e. The van der Waals surface area contributed by atoms with Crippen LogP contribution in [0.4, 0.5) is 0 Å². The number of amides is 1. The summed E-state index contributed by atoms with van der Waals surface area (Å²) in [6, 6.07) is 0. The molecule has 1 atom stereocenters. The van der Waals surface area contributed by atoms with Crippen molar-refractivity contribution in [1.82, 2.24) is 4.90 Å². The summed E-state index contributed by atoms with van der Waals surface area (Å²) in [6.07, 6.45) is 3.08. The van der Waals surface area contributed by atoms with E-state index in [1.54, 1.807) is 0 Å². The SMILES string of the molecule is CCCN(C=O)C(COC)(C(=O)O)C1CC1. The molecule has 1 aliphatic carbocycles. The molecule has 1 rings (SSSR count). The molecule has 1 aliphatic rings. The van der Waals surface area contributed by atoms with Crippen LogP contribution in [-0.2, 0) is 14.3 Å². The van der Waals surface area contributed by atoms with Crippen molar-refractivity contribution in [2.75, 3.05) is 20.3 Å². The van der Waals surface area contributed by atoms with Crippen molar-refractivity contribution in [1.29, 1.82) is 0 Å². The molecule has 0 heterocycles. The molecule has 1 saturated carbocycles. The lowest BCUT2D eigenvalue weighted by atomic mass is 9.92. The van der Waals surface area contributed by atoms with Gasteiger partial charge in [0.2, 0.25) is 6.41 Å². The molecule has 1 fully saturated rings. The predicted molar refractivity (Wildman–Crippen MR) is 58.0 cm³/mol. The fraction of sp³-hybridized carbons (Fsp3) is 0.818. The average Bonchev–Trinajstić information content (AvgIpc) is 3.06. The number of carbonyl (C=O) groups excluding carboxylic acids is 1. The molecule has 5 heteroatoms. The molecule has 1 amide bonds. The third-order valence-electron chi connectivity index (χ3n) is 3.09. The average molecular weight is 229 g/mol. The van der Waals surface area contributed by atoms with E-state index >= 15 is 0 Å². The molecule has 5 nitrogen and oxygen atoms in total. The summed E-state index contributed by atoms with van der Waals surface area (Å²) in [4.78, 5) is 23.9. The van der Waals surface area contributed by atoms with Gasteiger partial charge < -0.3 is 14.7 Å².